The molecule has 6 nitrogen and oxygen atoms in total. The van der Waals surface area contributed by atoms with Crippen LogP contribution < -0.4 is 20.1 Å². The molecule has 2 rings (SSSR count). The van der Waals surface area contributed by atoms with Crippen molar-refractivity contribution in [2.45, 2.75) is 27.2 Å². The predicted molar refractivity (Wildman–Crippen MR) is 112 cm³/mol. The number of carbonyl (C=O) groups excluding carboxylic acids is 2. The number of rotatable bonds is 9. The van der Waals surface area contributed by atoms with Crippen LogP contribution >= 0.6 is 0 Å². The van der Waals surface area contributed by atoms with E-state index in [9.17, 15) is 9.59 Å². The van der Waals surface area contributed by atoms with Crippen LogP contribution in [0.5, 0.6) is 11.5 Å². The van der Waals surface area contributed by atoms with Crippen molar-refractivity contribution in [3.8, 4) is 11.5 Å². The molecule has 28 heavy (non-hydrogen) atoms. The van der Waals surface area contributed by atoms with Gasteiger partial charge in [-0.25, -0.2) is 0 Å². The quantitative estimate of drug-likeness (QED) is 0.627. The Hall–Kier alpha value is -3.28. The fourth-order valence-electron chi connectivity index (χ4n) is 2.45. The third-order valence-electron chi connectivity index (χ3n) is 3.76. The average molecular weight is 382 g/mol. The number of ether oxygens (including phenoxy) is 2. The number of nitrogens with one attached hydrogen (secondary N) is 2. The molecule has 0 aliphatic rings. The normalized spacial score (nSPS) is 10.5. The number of carbonyl (C=O) groups is 2. The first-order valence-electron chi connectivity index (χ1n) is 9.34. The van der Waals surface area contributed by atoms with Gasteiger partial charge in [-0.2, -0.15) is 0 Å². The minimum absolute atomic E-state index is 0.133. The molecule has 0 aromatic heterocycles. The molecule has 0 aliphatic heterocycles. The van der Waals surface area contributed by atoms with Crippen LogP contribution in [0.25, 0.3) is 6.08 Å². The minimum atomic E-state index is -0.294. The summed E-state index contributed by atoms with van der Waals surface area (Å²) in [5, 5.41) is 5.62. The number of anilines is 2. The fourth-order valence-corrected chi connectivity index (χ4v) is 2.45. The molecule has 0 spiro atoms. The fraction of sp³-hybridized carbons (Fsp3) is 0.273. The van der Waals surface area contributed by atoms with Crippen LogP contribution in [0.1, 0.15) is 32.8 Å². The van der Waals surface area contributed by atoms with Crippen LogP contribution in [0, 0.1) is 0 Å². The van der Waals surface area contributed by atoms with Crippen molar-refractivity contribution in [2.24, 2.45) is 0 Å². The molecule has 0 atom stereocenters. The number of benzene rings is 2. The van der Waals surface area contributed by atoms with Gasteiger partial charge >= 0.3 is 0 Å². The first-order chi connectivity index (χ1) is 13.6. The van der Waals surface area contributed by atoms with E-state index in [2.05, 4.69) is 10.6 Å². The zero-order chi connectivity index (χ0) is 20.4. The van der Waals surface area contributed by atoms with Crippen molar-refractivity contribution in [1.29, 1.82) is 0 Å². The molecular weight excluding hydrogens is 356 g/mol. The molecule has 0 aliphatic carbocycles. The number of amides is 2. The molecular formula is C22H26N2O4. The maximum Gasteiger partial charge on any atom is 0.248 e. The summed E-state index contributed by atoms with van der Waals surface area (Å²) in [7, 11) is 0. The Bertz CT molecular complexity index is 832. The van der Waals surface area contributed by atoms with Gasteiger partial charge in [0, 0.05) is 24.6 Å². The Morgan fingerprint density at radius 3 is 2.00 bits per heavy atom. The van der Waals surface area contributed by atoms with Crippen LogP contribution in [0.2, 0.25) is 0 Å². The molecule has 2 aromatic carbocycles. The topological polar surface area (TPSA) is 76.7 Å². The molecule has 148 valence electrons. The second-order valence-corrected chi connectivity index (χ2v) is 5.85. The highest BCUT2D eigenvalue weighted by Gasteiger charge is 2.15. The molecule has 0 fully saturated rings. The molecule has 0 radical (unpaired) electrons. The van der Waals surface area contributed by atoms with E-state index in [4.69, 9.17) is 9.47 Å². The van der Waals surface area contributed by atoms with Crippen LogP contribution in [-0.4, -0.2) is 25.0 Å². The Morgan fingerprint density at radius 1 is 0.893 bits per heavy atom. The molecule has 6 heteroatoms. The van der Waals surface area contributed by atoms with Crippen LogP contribution in [0.4, 0.5) is 11.4 Å². The molecule has 2 N–H and O–H groups in total. The largest absolute Gasteiger partial charge is 0.492 e. The van der Waals surface area contributed by atoms with Gasteiger partial charge in [0.05, 0.1) is 24.6 Å². The number of hydrogen-bond acceptors (Lipinski definition) is 4. The predicted octanol–water partition coefficient (Wildman–Crippen LogP) is 4.48. The van der Waals surface area contributed by atoms with Crippen LogP contribution in [0.3, 0.4) is 0 Å². The highest BCUT2D eigenvalue weighted by atomic mass is 16.5. The summed E-state index contributed by atoms with van der Waals surface area (Å²) >= 11 is 0. The highest BCUT2D eigenvalue weighted by Crippen LogP contribution is 2.37. The van der Waals surface area contributed by atoms with Crippen LogP contribution in [-0.2, 0) is 9.59 Å². The van der Waals surface area contributed by atoms with Crippen molar-refractivity contribution in [2.75, 3.05) is 23.8 Å². The molecule has 0 heterocycles. The van der Waals surface area contributed by atoms with Crippen molar-refractivity contribution in [1.82, 2.24) is 0 Å². The second-order valence-electron chi connectivity index (χ2n) is 5.85. The molecule has 0 bridgehead atoms. The van der Waals surface area contributed by atoms with E-state index in [0.717, 1.165) is 5.56 Å². The lowest BCUT2D eigenvalue weighted by Gasteiger charge is -2.17. The van der Waals surface area contributed by atoms with Gasteiger partial charge in [0.15, 0.2) is 0 Å². The third kappa shape index (κ3) is 6.16. The summed E-state index contributed by atoms with van der Waals surface area (Å²) in [4.78, 5) is 24.2. The summed E-state index contributed by atoms with van der Waals surface area (Å²) in [6.07, 6.45) is 3.53. The smallest absolute Gasteiger partial charge is 0.248 e. The van der Waals surface area contributed by atoms with Crippen molar-refractivity contribution in [3.05, 3.63) is 54.1 Å². The average Bonchev–Trinajstić information content (AvgIpc) is 2.70. The lowest BCUT2D eigenvalue weighted by molar-refractivity contribution is -0.116. The van der Waals surface area contributed by atoms with Gasteiger partial charge in [-0.3, -0.25) is 9.59 Å². The van der Waals surface area contributed by atoms with E-state index in [1.54, 1.807) is 25.1 Å². The Morgan fingerprint density at radius 2 is 1.46 bits per heavy atom. The van der Waals surface area contributed by atoms with Crippen molar-refractivity contribution < 1.29 is 19.1 Å². The molecule has 2 aromatic rings. The van der Waals surface area contributed by atoms with Gasteiger partial charge in [0.25, 0.3) is 0 Å². The van der Waals surface area contributed by atoms with Crippen molar-refractivity contribution >= 4 is 29.3 Å². The lowest BCUT2D eigenvalue weighted by Crippen LogP contribution is -2.13. The van der Waals surface area contributed by atoms with Gasteiger partial charge in [-0.05, 0) is 25.5 Å². The van der Waals surface area contributed by atoms with Gasteiger partial charge < -0.3 is 20.1 Å². The van der Waals surface area contributed by atoms with Gasteiger partial charge in [-0.1, -0.05) is 37.3 Å². The zero-order valence-electron chi connectivity index (χ0n) is 16.5. The SMILES string of the molecule is CCOc1cc(NC(=O)CC)c(OCC)cc1NC(=O)C=Cc1ccccc1. The third-order valence-corrected chi connectivity index (χ3v) is 3.76. The van der Waals surface area contributed by atoms with E-state index >= 15 is 0 Å². The van der Waals surface area contributed by atoms with E-state index in [-0.39, 0.29) is 11.8 Å². The zero-order valence-corrected chi connectivity index (χ0v) is 16.5. The Kier molecular flexibility index (Phi) is 8.09. The molecule has 0 saturated carbocycles. The first-order valence-corrected chi connectivity index (χ1v) is 9.34. The summed E-state index contributed by atoms with van der Waals surface area (Å²) in [5.74, 6) is 0.498. The summed E-state index contributed by atoms with van der Waals surface area (Å²) < 4.78 is 11.3. The maximum atomic E-state index is 12.4. The second kappa shape index (κ2) is 10.8. The summed E-state index contributed by atoms with van der Waals surface area (Å²) in [5.41, 5.74) is 1.91. The van der Waals surface area contributed by atoms with E-state index in [0.29, 0.717) is 42.5 Å². The maximum absolute atomic E-state index is 12.4. The minimum Gasteiger partial charge on any atom is -0.492 e. The van der Waals surface area contributed by atoms with Crippen molar-refractivity contribution in [3.63, 3.8) is 0 Å². The van der Waals surface area contributed by atoms with Gasteiger partial charge in [-0.15, -0.1) is 0 Å². The molecule has 0 saturated heterocycles. The standard InChI is InChI=1S/C22H26N2O4/c1-4-21(25)23-17-14-20(28-6-3)18(15-19(17)27-5-2)24-22(26)13-12-16-10-8-7-9-11-16/h7-15H,4-6H2,1-3H3,(H,23,25)(H,24,26). The van der Waals surface area contributed by atoms with E-state index in [1.807, 2.05) is 44.2 Å². The lowest BCUT2D eigenvalue weighted by atomic mass is 10.2. The van der Waals surface area contributed by atoms with Crippen LogP contribution in [0.15, 0.2) is 48.5 Å². The summed E-state index contributed by atoms with van der Waals surface area (Å²) in [6.45, 7) is 6.30. The van der Waals surface area contributed by atoms with E-state index in [1.165, 1.54) is 6.08 Å². The summed E-state index contributed by atoms with van der Waals surface area (Å²) in [6, 6.07) is 12.9. The Labute approximate surface area is 165 Å². The Balaban J connectivity index is 2.27. The number of hydrogen-bond donors (Lipinski definition) is 2. The molecule has 0 unspecified atom stereocenters. The van der Waals surface area contributed by atoms with Gasteiger partial charge in [0.1, 0.15) is 11.5 Å². The van der Waals surface area contributed by atoms with E-state index < -0.39 is 0 Å². The highest BCUT2D eigenvalue weighted by molar-refractivity contribution is 6.03. The molecule has 2 amide bonds. The van der Waals surface area contributed by atoms with Gasteiger partial charge in [0.2, 0.25) is 11.8 Å². The first kappa shape index (κ1) is 21.0. The monoisotopic (exact) mass is 382 g/mol.